The van der Waals surface area contributed by atoms with Crippen molar-refractivity contribution in [1.82, 2.24) is 20.4 Å². The Kier molecular flexibility index (Phi) is 4.29. The summed E-state index contributed by atoms with van der Waals surface area (Å²) in [5.74, 6) is 0.181. The number of carbonyl (C=O) groups is 2. The zero-order valence-electron chi connectivity index (χ0n) is 11.9. The highest BCUT2D eigenvalue weighted by atomic mass is 16.2. The first kappa shape index (κ1) is 14.1. The monoisotopic (exact) mass is 268 g/mol. The van der Waals surface area contributed by atoms with E-state index in [4.69, 9.17) is 0 Å². The van der Waals surface area contributed by atoms with Crippen molar-refractivity contribution < 1.29 is 9.59 Å². The van der Waals surface area contributed by atoms with E-state index in [0.29, 0.717) is 32.7 Å². The molecule has 0 radical (unpaired) electrons. The summed E-state index contributed by atoms with van der Waals surface area (Å²) >= 11 is 0. The molecule has 2 aliphatic rings. The second-order valence-corrected chi connectivity index (χ2v) is 5.48. The Labute approximate surface area is 114 Å². The topological polar surface area (TPSA) is 64.7 Å². The van der Waals surface area contributed by atoms with Crippen molar-refractivity contribution in [2.24, 2.45) is 0 Å². The van der Waals surface area contributed by atoms with E-state index in [9.17, 15) is 9.59 Å². The first-order chi connectivity index (χ1) is 9.07. The SMILES string of the molecule is CCNC(=O)N1CCN(C(=O)C2(C)CCCN2)CC1. The fourth-order valence-corrected chi connectivity index (χ4v) is 2.80. The van der Waals surface area contributed by atoms with Crippen LogP contribution in [-0.2, 0) is 4.79 Å². The molecule has 1 unspecified atom stereocenters. The van der Waals surface area contributed by atoms with Gasteiger partial charge in [0.05, 0.1) is 5.54 Å². The summed E-state index contributed by atoms with van der Waals surface area (Å²) in [4.78, 5) is 27.8. The first-order valence-electron chi connectivity index (χ1n) is 7.14. The summed E-state index contributed by atoms with van der Waals surface area (Å²) in [6.45, 7) is 7.95. The summed E-state index contributed by atoms with van der Waals surface area (Å²) in [5, 5.41) is 6.09. The maximum atomic E-state index is 12.5. The largest absolute Gasteiger partial charge is 0.338 e. The van der Waals surface area contributed by atoms with Gasteiger partial charge in [-0.15, -0.1) is 0 Å². The number of nitrogens with one attached hydrogen (secondary N) is 2. The molecule has 2 heterocycles. The second-order valence-electron chi connectivity index (χ2n) is 5.48. The highest BCUT2D eigenvalue weighted by Crippen LogP contribution is 2.22. The molecule has 2 saturated heterocycles. The van der Waals surface area contributed by atoms with Gasteiger partial charge in [0.1, 0.15) is 0 Å². The van der Waals surface area contributed by atoms with Crippen LogP contribution < -0.4 is 10.6 Å². The molecule has 0 aromatic carbocycles. The Balaban J connectivity index is 1.86. The molecule has 2 fully saturated rings. The van der Waals surface area contributed by atoms with Crippen LogP contribution in [0.3, 0.4) is 0 Å². The van der Waals surface area contributed by atoms with E-state index >= 15 is 0 Å². The van der Waals surface area contributed by atoms with Crippen molar-refractivity contribution in [1.29, 1.82) is 0 Å². The van der Waals surface area contributed by atoms with Crippen LogP contribution in [0, 0.1) is 0 Å². The van der Waals surface area contributed by atoms with Crippen molar-refractivity contribution in [3.05, 3.63) is 0 Å². The third-order valence-corrected chi connectivity index (χ3v) is 4.02. The molecule has 1 atom stereocenters. The highest BCUT2D eigenvalue weighted by molar-refractivity contribution is 5.86. The van der Waals surface area contributed by atoms with Gasteiger partial charge in [-0.1, -0.05) is 0 Å². The normalized spacial score (nSPS) is 27.5. The van der Waals surface area contributed by atoms with E-state index in [-0.39, 0.29) is 11.9 Å². The summed E-state index contributed by atoms with van der Waals surface area (Å²) in [6.07, 6.45) is 1.96. The third-order valence-electron chi connectivity index (χ3n) is 4.02. The average molecular weight is 268 g/mol. The molecule has 2 aliphatic heterocycles. The summed E-state index contributed by atoms with van der Waals surface area (Å²) in [5.41, 5.74) is -0.395. The van der Waals surface area contributed by atoms with E-state index in [1.165, 1.54) is 0 Å². The minimum Gasteiger partial charge on any atom is -0.338 e. The number of nitrogens with zero attached hydrogens (tertiary/aromatic N) is 2. The number of piperazine rings is 1. The van der Waals surface area contributed by atoms with Crippen LogP contribution in [0.25, 0.3) is 0 Å². The van der Waals surface area contributed by atoms with E-state index in [1.807, 2.05) is 18.7 Å². The fraction of sp³-hybridized carbons (Fsp3) is 0.846. The molecule has 3 amide bonds. The fourth-order valence-electron chi connectivity index (χ4n) is 2.80. The molecule has 2 rings (SSSR count). The molecular weight excluding hydrogens is 244 g/mol. The molecule has 0 bridgehead atoms. The van der Waals surface area contributed by atoms with Gasteiger partial charge >= 0.3 is 6.03 Å². The van der Waals surface area contributed by atoms with E-state index < -0.39 is 5.54 Å². The van der Waals surface area contributed by atoms with Crippen LogP contribution in [0.2, 0.25) is 0 Å². The number of urea groups is 1. The molecule has 0 aliphatic carbocycles. The Morgan fingerprint density at radius 1 is 1.21 bits per heavy atom. The standard InChI is InChI=1S/C13H24N4O2/c1-3-14-12(19)17-9-7-16(8-10-17)11(18)13(2)5-4-6-15-13/h15H,3-10H2,1-2H3,(H,14,19). The number of hydrogen-bond donors (Lipinski definition) is 2. The van der Waals surface area contributed by atoms with Crippen LogP contribution in [0.15, 0.2) is 0 Å². The van der Waals surface area contributed by atoms with E-state index in [1.54, 1.807) is 4.90 Å². The molecule has 0 aromatic heterocycles. The maximum absolute atomic E-state index is 12.5. The van der Waals surface area contributed by atoms with Crippen molar-refractivity contribution in [3.63, 3.8) is 0 Å². The minimum atomic E-state index is -0.395. The molecule has 0 spiro atoms. The molecule has 108 valence electrons. The number of hydrogen-bond acceptors (Lipinski definition) is 3. The van der Waals surface area contributed by atoms with Crippen molar-refractivity contribution in [2.75, 3.05) is 39.3 Å². The summed E-state index contributed by atoms with van der Waals surface area (Å²) < 4.78 is 0. The quantitative estimate of drug-likeness (QED) is 0.741. The van der Waals surface area contributed by atoms with Gasteiger partial charge in [-0.2, -0.15) is 0 Å². The average Bonchev–Trinajstić information content (AvgIpc) is 2.86. The van der Waals surface area contributed by atoms with Crippen LogP contribution in [0.4, 0.5) is 4.79 Å². The maximum Gasteiger partial charge on any atom is 0.317 e. The van der Waals surface area contributed by atoms with Crippen LogP contribution >= 0.6 is 0 Å². The number of rotatable bonds is 2. The predicted octanol–water partition coefficient (Wildman–Crippen LogP) is 0.00220. The molecule has 19 heavy (non-hydrogen) atoms. The van der Waals surface area contributed by atoms with Gasteiger partial charge < -0.3 is 20.4 Å². The first-order valence-corrected chi connectivity index (χ1v) is 7.14. The second kappa shape index (κ2) is 5.77. The Morgan fingerprint density at radius 3 is 2.37 bits per heavy atom. The zero-order chi connectivity index (χ0) is 13.9. The molecule has 0 saturated carbocycles. The van der Waals surface area contributed by atoms with Gasteiger partial charge in [0.2, 0.25) is 5.91 Å². The molecule has 6 heteroatoms. The summed E-state index contributed by atoms with van der Waals surface area (Å²) in [7, 11) is 0. The van der Waals surface area contributed by atoms with Gasteiger partial charge in [-0.3, -0.25) is 4.79 Å². The molecule has 2 N–H and O–H groups in total. The number of amides is 3. The molecule has 6 nitrogen and oxygen atoms in total. The Bertz CT molecular complexity index is 345. The van der Waals surface area contributed by atoms with Crippen molar-refractivity contribution >= 4 is 11.9 Å². The van der Waals surface area contributed by atoms with Gasteiger partial charge in [-0.25, -0.2) is 4.79 Å². The van der Waals surface area contributed by atoms with Crippen LogP contribution in [-0.4, -0.2) is 66.5 Å². The lowest BCUT2D eigenvalue weighted by molar-refractivity contribution is -0.138. The van der Waals surface area contributed by atoms with E-state index in [0.717, 1.165) is 19.4 Å². The molecule has 0 aromatic rings. The van der Waals surface area contributed by atoms with Crippen LogP contribution in [0.1, 0.15) is 26.7 Å². The van der Waals surface area contributed by atoms with Crippen molar-refractivity contribution in [2.45, 2.75) is 32.2 Å². The Morgan fingerprint density at radius 2 is 1.84 bits per heavy atom. The van der Waals surface area contributed by atoms with Crippen LogP contribution in [0.5, 0.6) is 0 Å². The lowest BCUT2D eigenvalue weighted by Gasteiger charge is -2.38. The molecular formula is C13H24N4O2. The lowest BCUT2D eigenvalue weighted by Crippen LogP contribution is -2.59. The minimum absolute atomic E-state index is 0.0280. The third kappa shape index (κ3) is 3.00. The summed E-state index contributed by atoms with van der Waals surface area (Å²) in [6, 6.07) is -0.0280. The smallest absolute Gasteiger partial charge is 0.317 e. The lowest BCUT2D eigenvalue weighted by atomic mass is 9.98. The highest BCUT2D eigenvalue weighted by Gasteiger charge is 2.39. The van der Waals surface area contributed by atoms with Gasteiger partial charge in [0.25, 0.3) is 0 Å². The van der Waals surface area contributed by atoms with Gasteiger partial charge in [0, 0.05) is 32.7 Å². The Hall–Kier alpha value is -1.30. The van der Waals surface area contributed by atoms with Gasteiger partial charge in [-0.05, 0) is 33.2 Å². The zero-order valence-corrected chi connectivity index (χ0v) is 11.9. The van der Waals surface area contributed by atoms with Gasteiger partial charge in [0.15, 0.2) is 0 Å². The predicted molar refractivity (Wildman–Crippen MR) is 72.9 cm³/mol. The van der Waals surface area contributed by atoms with Crippen molar-refractivity contribution in [3.8, 4) is 0 Å². The van der Waals surface area contributed by atoms with E-state index in [2.05, 4.69) is 10.6 Å². The number of carbonyl (C=O) groups excluding carboxylic acids is 2.